The van der Waals surface area contributed by atoms with Crippen molar-refractivity contribution in [3.8, 4) is 5.75 Å². The van der Waals surface area contributed by atoms with Gasteiger partial charge in [-0.25, -0.2) is 4.39 Å². The van der Waals surface area contributed by atoms with Crippen molar-refractivity contribution >= 4 is 5.91 Å². The van der Waals surface area contributed by atoms with Crippen LogP contribution in [-0.2, 0) is 4.79 Å². The van der Waals surface area contributed by atoms with Gasteiger partial charge in [-0.05, 0) is 25.0 Å². The third kappa shape index (κ3) is 4.43. The molecule has 0 unspecified atom stereocenters. The Morgan fingerprint density at radius 3 is 2.71 bits per heavy atom. The number of carbonyl (C=O) groups is 1. The summed E-state index contributed by atoms with van der Waals surface area (Å²) in [4.78, 5) is 13.5. The zero-order valence-electron chi connectivity index (χ0n) is 12.3. The summed E-state index contributed by atoms with van der Waals surface area (Å²) >= 11 is 0. The number of carbonyl (C=O) groups excluding carboxylic acids is 1. The molecule has 0 saturated heterocycles. The Hall–Kier alpha value is -1.62. The minimum atomic E-state index is -0.739. The first kappa shape index (κ1) is 15.8. The monoisotopic (exact) mass is 295 g/mol. The largest absolute Gasteiger partial charge is 0.490 e. The van der Waals surface area contributed by atoms with Crippen LogP contribution in [0.3, 0.4) is 0 Å². The van der Waals surface area contributed by atoms with E-state index in [4.69, 9.17) is 4.74 Å². The van der Waals surface area contributed by atoms with Gasteiger partial charge in [0.05, 0.1) is 18.6 Å². The zero-order chi connectivity index (χ0) is 15.3. The number of likely N-dealkylation sites (N-methyl/N-ethyl adjacent to an activating group) is 1. The molecule has 1 fully saturated rings. The first-order valence-electron chi connectivity index (χ1n) is 7.34. The van der Waals surface area contributed by atoms with E-state index >= 15 is 0 Å². The summed E-state index contributed by atoms with van der Waals surface area (Å²) in [6.45, 7) is 0.480. The lowest BCUT2D eigenvalue weighted by Gasteiger charge is -2.28. The molecule has 0 spiro atoms. The fourth-order valence-corrected chi connectivity index (χ4v) is 2.72. The van der Waals surface area contributed by atoms with Crippen LogP contribution in [0.5, 0.6) is 5.75 Å². The van der Waals surface area contributed by atoms with E-state index in [1.165, 1.54) is 17.0 Å². The number of aliphatic hydroxyl groups is 1. The number of hydrogen-bond acceptors (Lipinski definition) is 3. The van der Waals surface area contributed by atoms with Crippen LogP contribution in [0.1, 0.15) is 32.1 Å². The predicted molar refractivity (Wildman–Crippen MR) is 77.6 cm³/mol. The lowest BCUT2D eigenvalue weighted by Crippen LogP contribution is -2.42. The third-order valence-corrected chi connectivity index (χ3v) is 3.90. The molecule has 1 aliphatic carbocycles. The molecular weight excluding hydrogens is 273 g/mol. The van der Waals surface area contributed by atoms with Crippen molar-refractivity contribution in [2.24, 2.45) is 0 Å². The molecule has 116 valence electrons. The van der Waals surface area contributed by atoms with Crippen LogP contribution < -0.4 is 4.74 Å². The van der Waals surface area contributed by atoms with E-state index in [0.29, 0.717) is 6.54 Å². The molecule has 1 aromatic carbocycles. The number of halogens is 1. The van der Waals surface area contributed by atoms with Crippen LogP contribution in [0.15, 0.2) is 24.3 Å². The number of para-hydroxylation sites is 1. The van der Waals surface area contributed by atoms with Gasteiger partial charge in [0.1, 0.15) is 0 Å². The summed E-state index contributed by atoms with van der Waals surface area (Å²) in [5.74, 6) is -0.382. The van der Waals surface area contributed by atoms with Crippen LogP contribution in [0.2, 0.25) is 0 Å². The molecule has 1 aromatic rings. The summed E-state index contributed by atoms with van der Waals surface area (Å²) in [5.41, 5.74) is -0.739. The summed E-state index contributed by atoms with van der Waals surface area (Å²) in [6.07, 6.45) is 3.68. The van der Waals surface area contributed by atoms with E-state index < -0.39 is 11.4 Å². The van der Waals surface area contributed by atoms with Crippen molar-refractivity contribution in [1.82, 2.24) is 4.90 Å². The lowest BCUT2D eigenvalue weighted by atomic mass is 10.0. The van der Waals surface area contributed by atoms with Gasteiger partial charge in [-0.1, -0.05) is 25.0 Å². The van der Waals surface area contributed by atoms with Crippen molar-refractivity contribution in [3.63, 3.8) is 0 Å². The van der Waals surface area contributed by atoms with Gasteiger partial charge in [0.15, 0.2) is 11.6 Å². The molecule has 0 aromatic heterocycles. The molecule has 0 aliphatic heterocycles. The average molecular weight is 295 g/mol. The number of benzene rings is 1. The second-order valence-corrected chi connectivity index (χ2v) is 5.71. The number of rotatable bonds is 6. The first-order valence-corrected chi connectivity index (χ1v) is 7.34. The number of hydrogen-bond donors (Lipinski definition) is 1. The van der Waals surface area contributed by atoms with Gasteiger partial charge in [0.25, 0.3) is 0 Å². The Bertz CT molecular complexity index is 486. The average Bonchev–Trinajstić information content (AvgIpc) is 2.87. The molecule has 5 heteroatoms. The molecular formula is C16H22FNO3. The highest BCUT2D eigenvalue weighted by Gasteiger charge is 2.33. The summed E-state index contributed by atoms with van der Waals surface area (Å²) < 4.78 is 18.6. The third-order valence-electron chi connectivity index (χ3n) is 3.90. The van der Waals surface area contributed by atoms with Crippen molar-refractivity contribution in [3.05, 3.63) is 30.1 Å². The Morgan fingerprint density at radius 1 is 1.38 bits per heavy atom. The molecule has 1 saturated carbocycles. The summed E-state index contributed by atoms with van der Waals surface area (Å²) in [5, 5.41) is 10.3. The van der Waals surface area contributed by atoms with Crippen LogP contribution in [0.4, 0.5) is 4.39 Å². The Labute approximate surface area is 124 Å². The van der Waals surface area contributed by atoms with E-state index in [-0.39, 0.29) is 24.7 Å². The van der Waals surface area contributed by atoms with Gasteiger partial charge >= 0.3 is 0 Å². The molecule has 2 rings (SSSR count). The minimum absolute atomic E-state index is 0.105. The van der Waals surface area contributed by atoms with E-state index in [9.17, 15) is 14.3 Å². The second-order valence-electron chi connectivity index (χ2n) is 5.71. The smallest absolute Gasteiger partial charge is 0.225 e. The number of nitrogens with zero attached hydrogens (tertiary/aromatic N) is 1. The maximum absolute atomic E-state index is 13.3. The van der Waals surface area contributed by atoms with Gasteiger partial charge < -0.3 is 14.7 Å². The Kier molecular flexibility index (Phi) is 5.17. The highest BCUT2D eigenvalue weighted by atomic mass is 19.1. The zero-order valence-corrected chi connectivity index (χ0v) is 12.3. The quantitative estimate of drug-likeness (QED) is 0.876. The van der Waals surface area contributed by atoms with Crippen molar-refractivity contribution in [1.29, 1.82) is 0 Å². The molecule has 1 aliphatic rings. The maximum atomic E-state index is 13.3. The van der Waals surface area contributed by atoms with E-state index in [1.807, 2.05) is 0 Å². The van der Waals surface area contributed by atoms with Gasteiger partial charge in [0.2, 0.25) is 5.91 Å². The normalized spacial score (nSPS) is 16.7. The van der Waals surface area contributed by atoms with Crippen LogP contribution in [0.25, 0.3) is 0 Å². The standard InChI is InChI=1S/C16H22FNO3/c1-18(12-16(20)9-4-5-10-16)15(19)8-11-21-14-7-3-2-6-13(14)17/h2-3,6-7,20H,4-5,8-12H2,1H3. The minimum Gasteiger partial charge on any atom is -0.490 e. The van der Waals surface area contributed by atoms with Gasteiger partial charge in [0, 0.05) is 13.6 Å². The molecule has 0 radical (unpaired) electrons. The van der Waals surface area contributed by atoms with Crippen molar-refractivity contribution < 1.29 is 19.0 Å². The van der Waals surface area contributed by atoms with E-state index in [1.54, 1.807) is 19.2 Å². The molecule has 4 nitrogen and oxygen atoms in total. The van der Waals surface area contributed by atoms with Crippen LogP contribution in [0, 0.1) is 5.82 Å². The lowest BCUT2D eigenvalue weighted by molar-refractivity contribution is -0.133. The topological polar surface area (TPSA) is 49.8 Å². The molecule has 1 N–H and O–H groups in total. The van der Waals surface area contributed by atoms with Crippen LogP contribution >= 0.6 is 0 Å². The van der Waals surface area contributed by atoms with Crippen molar-refractivity contribution in [2.75, 3.05) is 20.2 Å². The van der Waals surface area contributed by atoms with Crippen LogP contribution in [-0.4, -0.2) is 41.7 Å². The number of ether oxygens (including phenoxy) is 1. The summed E-state index contributed by atoms with van der Waals surface area (Å²) in [6, 6.07) is 6.12. The van der Waals surface area contributed by atoms with E-state index in [0.717, 1.165) is 25.7 Å². The maximum Gasteiger partial charge on any atom is 0.225 e. The first-order chi connectivity index (χ1) is 10.0. The Balaban J connectivity index is 1.75. The fraction of sp³-hybridized carbons (Fsp3) is 0.562. The molecule has 1 amide bonds. The molecule has 0 heterocycles. The van der Waals surface area contributed by atoms with Gasteiger partial charge in [-0.2, -0.15) is 0 Å². The SMILES string of the molecule is CN(CC1(O)CCCC1)C(=O)CCOc1ccccc1F. The fourth-order valence-electron chi connectivity index (χ4n) is 2.72. The molecule has 0 bridgehead atoms. The Morgan fingerprint density at radius 2 is 2.05 bits per heavy atom. The summed E-state index contributed by atoms with van der Waals surface area (Å²) in [7, 11) is 1.68. The highest BCUT2D eigenvalue weighted by molar-refractivity contribution is 5.76. The highest BCUT2D eigenvalue weighted by Crippen LogP contribution is 2.30. The molecule has 21 heavy (non-hydrogen) atoms. The predicted octanol–water partition coefficient (Wildman–Crippen LogP) is 2.36. The second kappa shape index (κ2) is 6.89. The number of amides is 1. The molecule has 0 atom stereocenters. The van der Waals surface area contributed by atoms with Crippen molar-refractivity contribution in [2.45, 2.75) is 37.7 Å². The van der Waals surface area contributed by atoms with Gasteiger partial charge in [-0.3, -0.25) is 4.79 Å². The van der Waals surface area contributed by atoms with E-state index in [2.05, 4.69) is 0 Å². The van der Waals surface area contributed by atoms with Gasteiger partial charge in [-0.15, -0.1) is 0 Å².